The van der Waals surface area contributed by atoms with E-state index < -0.39 is 0 Å². The molecular formula is C28H21N5O5S. The van der Waals surface area contributed by atoms with E-state index in [0.29, 0.717) is 45.6 Å². The fourth-order valence-electron chi connectivity index (χ4n) is 4.83. The van der Waals surface area contributed by atoms with Gasteiger partial charge < -0.3 is 23.7 Å². The molecule has 3 aromatic carbocycles. The number of oxazole rings is 1. The Morgan fingerprint density at radius 1 is 1.00 bits per heavy atom. The third-order valence-corrected chi connectivity index (χ3v) is 7.40. The zero-order valence-corrected chi connectivity index (χ0v) is 21.7. The number of aromatic nitrogens is 5. The molecule has 11 heteroatoms. The van der Waals surface area contributed by atoms with Crippen LogP contribution in [0.1, 0.15) is 28.4 Å². The van der Waals surface area contributed by atoms with Crippen LogP contribution in [0, 0.1) is 0 Å². The Labute approximate surface area is 226 Å². The third kappa shape index (κ3) is 3.98. The largest absolute Gasteiger partial charge is 0.508 e. The molecule has 0 aliphatic carbocycles. The van der Waals surface area contributed by atoms with Crippen molar-refractivity contribution in [3.05, 3.63) is 89.5 Å². The van der Waals surface area contributed by atoms with Gasteiger partial charge in [-0.15, -0.1) is 5.10 Å². The van der Waals surface area contributed by atoms with Crippen molar-refractivity contribution in [2.75, 3.05) is 14.2 Å². The molecule has 1 aliphatic rings. The van der Waals surface area contributed by atoms with E-state index in [9.17, 15) is 5.11 Å². The average molecular weight is 540 g/mol. The minimum atomic E-state index is -0.318. The minimum absolute atomic E-state index is 0.102. The molecule has 4 heterocycles. The molecule has 0 fully saturated rings. The van der Waals surface area contributed by atoms with Gasteiger partial charge in [0.25, 0.3) is 5.22 Å². The number of aromatic hydroxyl groups is 1. The Hall–Kier alpha value is -4.77. The molecule has 10 nitrogen and oxygen atoms in total. The number of fused-ring (bicyclic) bond motifs is 5. The molecular weight excluding hydrogens is 518 g/mol. The van der Waals surface area contributed by atoms with Gasteiger partial charge >= 0.3 is 0 Å². The first-order chi connectivity index (χ1) is 19.1. The zero-order chi connectivity index (χ0) is 26.5. The number of hydrogen-bond acceptors (Lipinski definition) is 10. The highest BCUT2D eigenvalue weighted by Crippen LogP contribution is 2.49. The standard InChI is InChI=1S/C28H21N5O5S/c1-35-20-10-7-15(11-22(20)36-2)24-17-9-8-16(34)12-21(17)37-27-25(24)26-31-23(32-33(26)14-29-27)13-39-28-30-18-5-3-4-6-19(18)38-28/h3-12,14,24,34H,13H2,1-2H3/t24-/m1/s1. The lowest BCUT2D eigenvalue weighted by atomic mass is 9.83. The van der Waals surface area contributed by atoms with Gasteiger partial charge in [-0.2, -0.15) is 0 Å². The van der Waals surface area contributed by atoms with Gasteiger partial charge in [-0.05, 0) is 35.9 Å². The van der Waals surface area contributed by atoms with E-state index in [0.717, 1.165) is 27.8 Å². The summed E-state index contributed by atoms with van der Waals surface area (Å²) in [5.41, 5.74) is 4.69. The van der Waals surface area contributed by atoms with E-state index in [4.69, 9.17) is 23.6 Å². The highest BCUT2D eigenvalue weighted by molar-refractivity contribution is 7.98. The molecule has 0 bridgehead atoms. The van der Waals surface area contributed by atoms with E-state index in [1.54, 1.807) is 37.2 Å². The van der Waals surface area contributed by atoms with E-state index in [1.165, 1.54) is 11.8 Å². The number of phenols is 1. The Bertz CT molecular complexity index is 1830. The van der Waals surface area contributed by atoms with Crippen LogP contribution in [0.2, 0.25) is 0 Å². The first kappa shape index (κ1) is 23.4. The van der Waals surface area contributed by atoms with Crippen LogP contribution in [0.5, 0.6) is 28.9 Å². The molecule has 0 amide bonds. The minimum Gasteiger partial charge on any atom is -0.508 e. The fourth-order valence-corrected chi connectivity index (χ4v) is 5.51. The average Bonchev–Trinajstić information content (AvgIpc) is 3.58. The summed E-state index contributed by atoms with van der Waals surface area (Å²) in [6, 6.07) is 18.5. The second kappa shape index (κ2) is 9.21. The number of hydrogen-bond donors (Lipinski definition) is 1. The maximum absolute atomic E-state index is 10.1. The normalized spacial score (nSPS) is 14.2. The van der Waals surface area contributed by atoms with Crippen LogP contribution >= 0.6 is 11.8 Å². The Morgan fingerprint density at radius 2 is 1.87 bits per heavy atom. The predicted octanol–water partition coefficient (Wildman–Crippen LogP) is 5.57. The number of phenolic OH excluding ortho intramolecular Hbond substituents is 1. The lowest BCUT2D eigenvalue weighted by Gasteiger charge is -2.28. The van der Waals surface area contributed by atoms with E-state index in [2.05, 4.69) is 15.1 Å². The van der Waals surface area contributed by atoms with Gasteiger partial charge in [0.1, 0.15) is 23.3 Å². The van der Waals surface area contributed by atoms with Crippen LogP contribution in [0.15, 0.2) is 76.6 Å². The van der Waals surface area contributed by atoms with Gasteiger partial charge in [-0.1, -0.05) is 36.0 Å². The molecule has 7 rings (SSSR count). The highest BCUT2D eigenvalue weighted by Gasteiger charge is 2.34. The maximum atomic E-state index is 10.1. The van der Waals surface area contributed by atoms with Crippen LogP contribution < -0.4 is 14.2 Å². The molecule has 0 radical (unpaired) electrons. The number of para-hydroxylation sites is 2. The first-order valence-electron chi connectivity index (χ1n) is 12.1. The summed E-state index contributed by atoms with van der Waals surface area (Å²) in [5, 5.41) is 15.4. The van der Waals surface area contributed by atoms with Gasteiger partial charge in [0.05, 0.1) is 25.5 Å². The Morgan fingerprint density at radius 3 is 2.72 bits per heavy atom. The Balaban J connectivity index is 1.32. The zero-order valence-electron chi connectivity index (χ0n) is 20.9. The molecule has 1 atom stereocenters. The van der Waals surface area contributed by atoms with Crippen LogP contribution in [-0.2, 0) is 5.75 Å². The van der Waals surface area contributed by atoms with Gasteiger partial charge in [-0.3, -0.25) is 0 Å². The molecule has 194 valence electrons. The summed E-state index contributed by atoms with van der Waals surface area (Å²) in [5.74, 6) is 2.97. The summed E-state index contributed by atoms with van der Waals surface area (Å²) in [6.07, 6.45) is 1.58. The summed E-state index contributed by atoms with van der Waals surface area (Å²) >= 11 is 1.42. The van der Waals surface area contributed by atoms with Crippen molar-refractivity contribution < 1.29 is 23.7 Å². The van der Waals surface area contributed by atoms with Gasteiger partial charge in [0, 0.05) is 17.5 Å². The second-order valence-corrected chi connectivity index (χ2v) is 9.79. The van der Waals surface area contributed by atoms with Crippen molar-refractivity contribution in [2.24, 2.45) is 0 Å². The topological polar surface area (TPSA) is 117 Å². The second-order valence-electron chi connectivity index (χ2n) is 8.87. The number of rotatable bonds is 6. The molecule has 3 aromatic heterocycles. The van der Waals surface area contributed by atoms with Crippen LogP contribution in [0.3, 0.4) is 0 Å². The number of benzene rings is 3. The van der Waals surface area contributed by atoms with Gasteiger partial charge in [0.2, 0.25) is 5.88 Å². The van der Waals surface area contributed by atoms with Crippen molar-refractivity contribution >= 4 is 28.5 Å². The molecule has 6 aromatic rings. The van der Waals surface area contributed by atoms with Crippen LogP contribution in [0.4, 0.5) is 0 Å². The molecule has 0 unspecified atom stereocenters. The van der Waals surface area contributed by atoms with Crippen LogP contribution in [0.25, 0.3) is 16.7 Å². The molecule has 0 saturated heterocycles. The van der Waals surface area contributed by atoms with Crippen molar-refractivity contribution in [1.29, 1.82) is 0 Å². The molecule has 39 heavy (non-hydrogen) atoms. The van der Waals surface area contributed by atoms with E-state index in [-0.39, 0.29) is 11.7 Å². The summed E-state index contributed by atoms with van der Waals surface area (Å²) in [7, 11) is 3.20. The van der Waals surface area contributed by atoms with Gasteiger partial charge in [0.15, 0.2) is 28.6 Å². The van der Waals surface area contributed by atoms with Crippen molar-refractivity contribution in [3.63, 3.8) is 0 Å². The quantitative estimate of drug-likeness (QED) is 0.269. The fraction of sp³-hybridized carbons (Fsp3) is 0.143. The maximum Gasteiger partial charge on any atom is 0.257 e. The number of nitrogens with zero attached hydrogens (tertiary/aromatic N) is 5. The van der Waals surface area contributed by atoms with Crippen molar-refractivity contribution in [3.8, 4) is 28.9 Å². The Kier molecular flexibility index (Phi) is 5.51. The van der Waals surface area contributed by atoms with Gasteiger partial charge in [-0.25, -0.2) is 19.5 Å². The monoisotopic (exact) mass is 539 g/mol. The molecule has 1 aliphatic heterocycles. The van der Waals surface area contributed by atoms with Crippen molar-refractivity contribution in [1.82, 2.24) is 24.6 Å². The SMILES string of the molecule is COc1ccc([C@@H]2c3ccc(O)cc3Oc3ncn4nc(CSc5nc6ccccc6o5)nc4c32)cc1OC. The number of thioether (sulfide) groups is 1. The molecule has 1 N–H and O–H groups in total. The van der Waals surface area contributed by atoms with E-state index in [1.807, 2.05) is 48.5 Å². The number of methoxy groups -OCH3 is 2. The summed E-state index contributed by atoms with van der Waals surface area (Å²) < 4.78 is 24.7. The summed E-state index contributed by atoms with van der Waals surface area (Å²) in [6.45, 7) is 0. The smallest absolute Gasteiger partial charge is 0.257 e. The predicted molar refractivity (Wildman–Crippen MR) is 143 cm³/mol. The lowest BCUT2D eigenvalue weighted by Crippen LogP contribution is -2.15. The van der Waals surface area contributed by atoms with E-state index >= 15 is 0 Å². The highest BCUT2D eigenvalue weighted by atomic mass is 32.2. The first-order valence-corrected chi connectivity index (χ1v) is 13.0. The lowest BCUT2D eigenvalue weighted by molar-refractivity contribution is 0.354. The summed E-state index contributed by atoms with van der Waals surface area (Å²) in [4.78, 5) is 14.0. The number of ether oxygens (including phenoxy) is 3. The molecule has 0 saturated carbocycles. The van der Waals surface area contributed by atoms with Crippen LogP contribution in [-0.4, -0.2) is 43.9 Å². The molecule has 0 spiro atoms. The third-order valence-electron chi connectivity index (χ3n) is 6.57. The van der Waals surface area contributed by atoms with Crippen molar-refractivity contribution in [2.45, 2.75) is 16.9 Å².